The van der Waals surface area contributed by atoms with Crippen LogP contribution in [0.4, 0.5) is 0 Å². The molecule has 0 saturated heterocycles. The van der Waals surface area contributed by atoms with Gasteiger partial charge >= 0.3 is 5.97 Å². The molecule has 0 radical (unpaired) electrons. The smallest absolute Gasteiger partial charge is 0.305 e. The fourth-order valence-electron chi connectivity index (χ4n) is 10.7. The Labute approximate surface area is 457 Å². The maximum Gasteiger partial charge on any atom is 0.305 e. The summed E-state index contributed by atoms with van der Waals surface area (Å²) in [7, 11) is 0. The summed E-state index contributed by atoms with van der Waals surface area (Å²) in [5, 5.41) is 23.4. The standard InChI is InChI=1S/C67H131NO5/c1-3-5-7-9-11-13-15-17-19-21-23-24-25-27-31-35-39-43-47-51-55-59-65(70)64(63-69)68-66(71)60-56-52-48-44-40-36-32-28-26-30-34-38-42-46-50-54-58-62-73-67(72)61-57-53-49-45-41-37-33-29-22-20-18-16-14-12-10-8-6-4-2/h26,30,64-65,69-70H,3-25,27-29,31-63H2,1-2H3,(H,68,71)/b30-26-. The van der Waals surface area contributed by atoms with Crippen molar-refractivity contribution in [2.24, 2.45) is 0 Å². The van der Waals surface area contributed by atoms with Crippen LogP contribution in [0.5, 0.6) is 0 Å². The van der Waals surface area contributed by atoms with Gasteiger partial charge in [0.05, 0.1) is 25.4 Å². The third-order valence-corrected chi connectivity index (χ3v) is 15.8. The molecule has 0 aliphatic heterocycles. The number of aliphatic hydroxyl groups is 2. The predicted molar refractivity (Wildman–Crippen MR) is 320 cm³/mol. The van der Waals surface area contributed by atoms with Crippen LogP contribution in [-0.4, -0.2) is 47.4 Å². The van der Waals surface area contributed by atoms with Crippen molar-refractivity contribution in [3.05, 3.63) is 12.2 Å². The van der Waals surface area contributed by atoms with Gasteiger partial charge in [-0.15, -0.1) is 0 Å². The van der Waals surface area contributed by atoms with Crippen molar-refractivity contribution in [3.63, 3.8) is 0 Å². The molecule has 0 aromatic carbocycles. The number of aliphatic hydroxyl groups excluding tert-OH is 2. The van der Waals surface area contributed by atoms with Gasteiger partial charge in [0.2, 0.25) is 5.91 Å². The van der Waals surface area contributed by atoms with E-state index in [-0.39, 0.29) is 18.5 Å². The first-order chi connectivity index (χ1) is 36.0. The van der Waals surface area contributed by atoms with E-state index in [1.54, 1.807) is 0 Å². The van der Waals surface area contributed by atoms with Gasteiger partial charge in [0.25, 0.3) is 0 Å². The number of unbranched alkanes of at least 4 members (excludes halogenated alkanes) is 50. The molecule has 6 nitrogen and oxygen atoms in total. The topological polar surface area (TPSA) is 95.9 Å². The van der Waals surface area contributed by atoms with Gasteiger partial charge in [-0.2, -0.15) is 0 Å². The van der Waals surface area contributed by atoms with E-state index in [1.165, 1.54) is 295 Å². The van der Waals surface area contributed by atoms with Crippen molar-refractivity contribution < 1.29 is 24.5 Å². The average molecular weight is 1030 g/mol. The van der Waals surface area contributed by atoms with Gasteiger partial charge < -0.3 is 20.3 Å². The molecule has 3 N–H and O–H groups in total. The van der Waals surface area contributed by atoms with E-state index in [0.717, 1.165) is 51.4 Å². The molecule has 0 aliphatic carbocycles. The van der Waals surface area contributed by atoms with Gasteiger partial charge in [-0.1, -0.05) is 328 Å². The Morgan fingerprint density at radius 3 is 0.973 bits per heavy atom. The second kappa shape index (κ2) is 63.1. The Hall–Kier alpha value is -1.40. The van der Waals surface area contributed by atoms with Crippen molar-refractivity contribution in [3.8, 4) is 0 Å². The molecule has 2 unspecified atom stereocenters. The van der Waals surface area contributed by atoms with Crippen LogP contribution < -0.4 is 5.32 Å². The minimum absolute atomic E-state index is 0.00385. The Morgan fingerprint density at radius 2 is 0.644 bits per heavy atom. The molecule has 0 heterocycles. The number of amides is 1. The van der Waals surface area contributed by atoms with Gasteiger partial charge in [-0.25, -0.2) is 0 Å². The van der Waals surface area contributed by atoms with Gasteiger partial charge in [0.15, 0.2) is 0 Å². The minimum Gasteiger partial charge on any atom is -0.466 e. The number of hydrogen-bond acceptors (Lipinski definition) is 5. The molecule has 0 aromatic heterocycles. The zero-order chi connectivity index (χ0) is 52.9. The van der Waals surface area contributed by atoms with E-state index in [2.05, 4.69) is 31.3 Å². The van der Waals surface area contributed by atoms with E-state index in [1.807, 2.05) is 0 Å². The molecule has 0 rings (SSSR count). The zero-order valence-electron chi connectivity index (χ0n) is 49.6. The van der Waals surface area contributed by atoms with Crippen LogP contribution in [0.2, 0.25) is 0 Å². The lowest BCUT2D eigenvalue weighted by atomic mass is 10.0. The maximum absolute atomic E-state index is 12.5. The van der Waals surface area contributed by atoms with E-state index in [9.17, 15) is 19.8 Å². The molecule has 0 fully saturated rings. The van der Waals surface area contributed by atoms with Crippen LogP contribution in [0.25, 0.3) is 0 Å². The lowest BCUT2D eigenvalue weighted by Gasteiger charge is -2.22. The zero-order valence-corrected chi connectivity index (χ0v) is 49.6. The molecule has 2 atom stereocenters. The SMILES string of the molecule is CCCCCCCCCCCCCCCCCCCCCCCC(O)C(CO)NC(=O)CCCCCCCCC/C=C\CCCCCCCCOC(=O)CCCCCCCCCCCCCCCCCCCC. The van der Waals surface area contributed by atoms with Crippen LogP contribution >= 0.6 is 0 Å². The van der Waals surface area contributed by atoms with Crippen LogP contribution in [0, 0.1) is 0 Å². The first kappa shape index (κ1) is 71.6. The van der Waals surface area contributed by atoms with Crippen molar-refractivity contribution in [2.45, 2.75) is 392 Å². The molecular formula is C67H131NO5. The summed E-state index contributed by atoms with van der Waals surface area (Å²) in [4.78, 5) is 24.6. The van der Waals surface area contributed by atoms with E-state index >= 15 is 0 Å². The van der Waals surface area contributed by atoms with Crippen LogP contribution in [0.3, 0.4) is 0 Å². The highest BCUT2D eigenvalue weighted by Crippen LogP contribution is 2.19. The quantitative estimate of drug-likeness (QED) is 0.0320. The van der Waals surface area contributed by atoms with Crippen LogP contribution in [-0.2, 0) is 14.3 Å². The maximum atomic E-state index is 12.5. The van der Waals surface area contributed by atoms with Crippen molar-refractivity contribution >= 4 is 11.9 Å². The Kier molecular flexibility index (Phi) is 61.9. The van der Waals surface area contributed by atoms with Crippen LogP contribution in [0.1, 0.15) is 380 Å². The molecule has 0 aromatic rings. The largest absolute Gasteiger partial charge is 0.466 e. The van der Waals surface area contributed by atoms with Crippen molar-refractivity contribution in [1.29, 1.82) is 0 Å². The summed E-state index contributed by atoms with van der Waals surface area (Å²) < 4.78 is 5.49. The van der Waals surface area contributed by atoms with Crippen molar-refractivity contribution in [1.82, 2.24) is 5.32 Å². The van der Waals surface area contributed by atoms with Gasteiger partial charge in [0.1, 0.15) is 0 Å². The highest BCUT2D eigenvalue weighted by Gasteiger charge is 2.20. The molecule has 73 heavy (non-hydrogen) atoms. The number of nitrogens with one attached hydrogen (secondary N) is 1. The molecule has 6 heteroatoms. The Morgan fingerprint density at radius 1 is 0.370 bits per heavy atom. The van der Waals surface area contributed by atoms with Crippen molar-refractivity contribution in [2.75, 3.05) is 13.2 Å². The number of carbonyl (C=O) groups is 2. The van der Waals surface area contributed by atoms with E-state index < -0.39 is 12.1 Å². The summed E-state index contributed by atoms with van der Waals surface area (Å²) >= 11 is 0. The summed E-state index contributed by atoms with van der Waals surface area (Å²) in [6.45, 7) is 4.98. The number of hydrogen-bond donors (Lipinski definition) is 3. The highest BCUT2D eigenvalue weighted by atomic mass is 16.5. The second-order valence-electron chi connectivity index (χ2n) is 23.2. The summed E-state index contributed by atoms with van der Waals surface area (Å²) in [6.07, 6.45) is 76.6. The molecule has 0 saturated carbocycles. The summed E-state index contributed by atoms with van der Waals surface area (Å²) in [5.74, 6) is -0.0387. The molecule has 434 valence electrons. The monoisotopic (exact) mass is 1030 g/mol. The summed E-state index contributed by atoms with van der Waals surface area (Å²) in [6, 6.07) is -0.551. The normalized spacial score (nSPS) is 12.5. The number of esters is 1. The fraction of sp³-hybridized carbons (Fsp3) is 0.940. The molecule has 0 spiro atoms. The molecule has 0 bridgehead atoms. The lowest BCUT2D eigenvalue weighted by molar-refractivity contribution is -0.143. The number of allylic oxidation sites excluding steroid dienone is 2. The average Bonchev–Trinajstić information content (AvgIpc) is 3.39. The predicted octanol–water partition coefficient (Wildman–Crippen LogP) is 21.2. The van der Waals surface area contributed by atoms with Crippen LogP contribution in [0.15, 0.2) is 12.2 Å². The molecule has 1 amide bonds. The van der Waals surface area contributed by atoms with E-state index in [0.29, 0.717) is 25.9 Å². The van der Waals surface area contributed by atoms with E-state index in [4.69, 9.17) is 4.74 Å². The summed E-state index contributed by atoms with van der Waals surface area (Å²) in [5.41, 5.74) is 0. The lowest BCUT2D eigenvalue weighted by Crippen LogP contribution is -2.45. The fourth-order valence-corrected chi connectivity index (χ4v) is 10.7. The second-order valence-corrected chi connectivity index (χ2v) is 23.2. The van der Waals surface area contributed by atoms with Gasteiger partial charge in [-0.05, 0) is 51.4 Å². The first-order valence-corrected chi connectivity index (χ1v) is 33.4. The third-order valence-electron chi connectivity index (χ3n) is 15.8. The Bertz CT molecular complexity index is 1100. The molecule has 0 aliphatic rings. The minimum atomic E-state index is -0.673. The number of ether oxygens (including phenoxy) is 1. The highest BCUT2D eigenvalue weighted by molar-refractivity contribution is 5.76. The number of rotatable bonds is 63. The first-order valence-electron chi connectivity index (χ1n) is 33.4. The Balaban J connectivity index is 3.42. The third kappa shape index (κ3) is 59.7. The molecular weight excluding hydrogens is 899 g/mol. The van der Waals surface area contributed by atoms with Gasteiger partial charge in [-0.3, -0.25) is 9.59 Å². The van der Waals surface area contributed by atoms with Gasteiger partial charge in [0, 0.05) is 12.8 Å². The number of carbonyl (C=O) groups excluding carboxylic acids is 2.